The fourth-order valence-electron chi connectivity index (χ4n) is 2.99. The smallest absolute Gasteiger partial charge is 0.426 e. The van der Waals surface area contributed by atoms with Crippen LogP contribution in [0.25, 0.3) is 0 Å². The Hall–Kier alpha value is -1.99. The summed E-state index contributed by atoms with van der Waals surface area (Å²) in [5.74, 6) is -0.748. The molecule has 0 aliphatic carbocycles. The zero-order valence-electron chi connectivity index (χ0n) is 14.1. The van der Waals surface area contributed by atoms with Gasteiger partial charge in [-0.3, -0.25) is 0 Å². The number of urea groups is 1. The molecule has 0 bridgehead atoms. The number of likely N-dealkylation sites (tertiary alicyclic amines) is 1. The fraction of sp³-hybridized carbons (Fsp3) is 0.471. The molecule has 1 aromatic rings. The van der Waals surface area contributed by atoms with Gasteiger partial charge in [-0.2, -0.15) is 0 Å². The largest absolute Gasteiger partial charge is 0.475 e. The standard InChI is InChI=1S/C17H26BN3O3/c1-2-10-21-11-6-9-15(21)13-19-17(22)20-16(18(23)24)12-14-7-4-3-5-8-14/h2-5,7-8,10,15-16,23-24H,6,9,11-13H2,1H3,(H2,19,20,22)/t15-,16-/m0/s1. The summed E-state index contributed by atoms with van der Waals surface area (Å²) in [5, 5.41) is 24.5. The minimum atomic E-state index is -1.61. The summed E-state index contributed by atoms with van der Waals surface area (Å²) in [6.45, 7) is 3.52. The van der Waals surface area contributed by atoms with E-state index >= 15 is 0 Å². The number of nitrogens with one attached hydrogen (secondary N) is 2. The predicted octanol–water partition coefficient (Wildman–Crippen LogP) is 0.907. The van der Waals surface area contributed by atoms with E-state index in [2.05, 4.69) is 15.5 Å². The first-order chi connectivity index (χ1) is 11.6. The SMILES string of the molecule is CC=CN1CCC[C@H]1CNC(=O)N[C@@H](Cc1ccccc1)B(O)O. The van der Waals surface area contributed by atoms with Gasteiger partial charge in [0.15, 0.2) is 0 Å². The minimum absolute atomic E-state index is 0.290. The molecule has 1 aliphatic heterocycles. The van der Waals surface area contributed by atoms with Gasteiger partial charge in [0.25, 0.3) is 0 Å². The minimum Gasteiger partial charge on any atom is -0.426 e. The lowest BCUT2D eigenvalue weighted by Gasteiger charge is -2.24. The van der Waals surface area contributed by atoms with E-state index in [1.807, 2.05) is 49.5 Å². The van der Waals surface area contributed by atoms with Gasteiger partial charge in [-0.1, -0.05) is 36.4 Å². The molecule has 1 fully saturated rings. The Morgan fingerprint density at radius 2 is 2.17 bits per heavy atom. The number of rotatable bonds is 7. The molecular weight excluding hydrogens is 305 g/mol. The molecule has 2 amide bonds. The van der Waals surface area contributed by atoms with Crippen LogP contribution in [0.2, 0.25) is 0 Å². The first kappa shape index (κ1) is 18.4. The highest BCUT2D eigenvalue weighted by Gasteiger charge is 2.26. The third-order valence-electron chi connectivity index (χ3n) is 4.24. The third kappa shape index (κ3) is 5.58. The monoisotopic (exact) mass is 331 g/mol. The van der Waals surface area contributed by atoms with Crippen LogP contribution in [0, 0.1) is 0 Å². The van der Waals surface area contributed by atoms with Crippen molar-refractivity contribution < 1.29 is 14.8 Å². The van der Waals surface area contributed by atoms with Crippen molar-refractivity contribution >= 4 is 13.1 Å². The van der Waals surface area contributed by atoms with Gasteiger partial charge in [-0.05, 0) is 37.9 Å². The van der Waals surface area contributed by atoms with E-state index in [4.69, 9.17) is 0 Å². The van der Waals surface area contributed by atoms with Gasteiger partial charge < -0.3 is 25.6 Å². The van der Waals surface area contributed by atoms with Gasteiger partial charge in [0, 0.05) is 19.1 Å². The van der Waals surface area contributed by atoms with E-state index in [9.17, 15) is 14.8 Å². The van der Waals surface area contributed by atoms with Gasteiger partial charge in [0.05, 0.1) is 5.94 Å². The summed E-state index contributed by atoms with van der Waals surface area (Å²) in [4.78, 5) is 14.3. The summed E-state index contributed by atoms with van der Waals surface area (Å²) < 4.78 is 0. The summed E-state index contributed by atoms with van der Waals surface area (Å²) in [7, 11) is -1.61. The maximum atomic E-state index is 12.1. The molecule has 0 unspecified atom stereocenters. The van der Waals surface area contributed by atoms with Crippen LogP contribution in [-0.4, -0.2) is 53.2 Å². The molecule has 2 rings (SSSR count). The third-order valence-corrected chi connectivity index (χ3v) is 4.24. The van der Waals surface area contributed by atoms with Crippen LogP contribution in [-0.2, 0) is 6.42 Å². The molecule has 0 aromatic heterocycles. The highest BCUT2D eigenvalue weighted by Crippen LogP contribution is 2.16. The van der Waals surface area contributed by atoms with E-state index in [1.54, 1.807) is 0 Å². The predicted molar refractivity (Wildman–Crippen MR) is 95.2 cm³/mol. The van der Waals surface area contributed by atoms with E-state index in [0.29, 0.717) is 19.0 Å². The molecule has 0 spiro atoms. The zero-order valence-corrected chi connectivity index (χ0v) is 14.1. The first-order valence-corrected chi connectivity index (χ1v) is 8.43. The summed E-state index contributed by atoms with van der Waals surface area (Å²) in [6.07, 6.45) is 6.56. The van der Waals surface area contributed by atoms with Crippen molar-refractivity contribution in [2.24, 2.45) is 0 Å². The molecule has 0 radical (unpaired) electrons. The van der Waals surface area contributed by atoms with E-state index in [1.165, 1.54) is 0 Å². The average molecular weight is 331 g/mol. The quantitative estimate of drug-likeness (QED) is 0.560. The summed E-state index contributed by atoms with van der Waals surface area (Å²) >= 11 is 0. The molecule has 1 saturated heterocycles. The number of allylic oxidation sites excluding steroid dienone is 1. The molecule has 4 N–H and O–H groups in total. The van der Waals surface area contributed by atoms with E-state index in [0.717, 1.165) is 24.9 Å². The maximum Gasteiger partial charge on any atom is 0.475 e. The molecular formula is C17H26BN3O3. The molecule has 2 atom stereocenters. The molecule has 1 heterocycles. The Morgan fingerprint density at radius 1 is 1.42 bits per heavy atom. The lowest BCUT2D eigenvalue weighted by atomic mass is 9.76. The topological polar surface area (TPSA) is 84.8 Å². The van der Waals surface area contributed by atoms with Crippen LogP contribution < -0.4 is 10.6 Å². The Kier molecular flexibility index (Phi) is 7.15. The Labute approximate surface area is 143 Å². The molecule has 7 heteroatoms. The van der Waals surface area contributed by atoms with Gasteiger partial charge in [0.1, 0.15) is 0 Å². The Balaban J connectivity index is 1.82. The number of benzene rings is 1. The first-order valence-electron chi connectivity index (χ1n) is 8.43. The maximum absolute atomic E-state index is 12.1. The lowest BCUT2D eigenvalue weighted by molar-refractivity contribution is 0.233. The molecule has 0 saturated carbocycles. The van der Waals surface area contributed by atoms with Crippen molar-refractivity contribution in [2.45, 2.75) is 38.2 Å². The number of amides is 2. The van der Waals surface area contributed by atoms with Crippen molar-refractivity contribution in [3.63, 3.8) is 0 Å². The molecule has 6 nitrogen and oxygen atoms in total. The molecule has 130 valence electrons. The van der Waals surface area contributed by atoms with Crippen molar-refractivity contribution in [3.8, 4) is 0 Å². The second kappa shape index (κ2) is 9.34. The number of nitrogens with zero attached hydrogens (tertiary/aromatic N) is 1. The van der Waals surface area contributed by atoms with Gasteiger partial charge in [-0.25, -0.2) is 4.79 Å². The van der Waals surface area contributed by atoms with Crippen LogP contribution in [0.5, 0.6) is 0 Å². The second-order valence-electron chi connectivity index (χ2n) is 6.08. The van der Waals surface area contributed by atoms with E-state index < -0.39 is 13.1 Å². The van der Waals surface area contributed by atoms with Crippen molar-refractivity contribution in [2.75, 3.05) is 13.1 Å². The highest BCUT2D eigenvalue weighted by molar-refractivity contribution is 6.43. The summed E-state index contributed by atoms with van der Waals surface area (Å²) in [5.41, 5.74) is 0.936. The average Bonchev–Trinajstić information content (AvgIpc) is 3.01. The van der Waals surface area contributed by atoms with Crippen LogP contribution >= 0.6 is 0 Å². The molecule has 1 aliphatic rings. The van der Waals surface area contributed by atoms with Crippen molar-refractivity contribution in [3.05, 3.63) is 48.2 Å². The van der Waals surface area contributed by atoms with E-state index in [-0.39, 0.29) is 6.03 Å². The van der Waals surface area contributed by atoms with Gasteiger partial charge >= 0.3 is 13.1 Å². The Morgan fingerprint density at radius 3 is 2.83 bits per heavy atom. The summed E-state index contributed by atoms with van der Waals surface area (Å²) in [6, 6.07) is 9.35. The molecule has 24 heavy (non-hydrogen) atoms. The fourth-order valence-corrected chi connectivity index (χ4v) is 2.99. The normalized spacial score (nSPS) is 18.6. The van der Waals surface area contributed by atoms with Crippen LogP contribution in [0.15, 0.2) is 42.6 Å². The number of carbonyl (C=O) groups excluding carboxylic acids is 1. The molecule has 1 aromatic carbocycles. The van der Waals surface area contributed by atoms with Crippen molar-refractivity contribution in [1.82, 2.24) is 15.5 Å². The van der Waals surface area contributed by atoms with Gasteiger partial charge in [0.2, 0.25) is 0 Å². The van der Waals surface area contributed by atoms with Crippen LogP contribution in [0.3, 0.4) is 0 Å². The van der Waals surface area contributed by atoms with Crippen LogP contribution in [0.4, 0.5) is 4.79 Å². The van der Waals surface area contributed by atoms with Crippen LogP contribution in [0.1, 0.15) is 25.3 Å². The number of hydrogen-bond donors (Lipinski definition) is 4. The Bertz CT molecular complexity index is 539. The zero-order chi connectivity index (χ0) is 17.4. The number of hydrogen-bond acceptors (Lipinski definition) is 4. The lowest BCUT2D eigenvalue weighted by Crippen LogP contribution is -2.52. The second-order valence-corrected chi connectivity index (χ2v) is 6.08. The van der Waals surface area contributed by atoms with Crippen molar-refractivity contribution in [1.29, 1.82) is 0 Å². The van der Waals surface area contributed by atoms with Gasteiger partial charge in [-0.15, -0.1) is 0 Å². The number of carbonyl (C=O) groups is 1. The highest BCUT2D eigenvalue weighted by atomic mass is 16.4.